The van der Waals surface area contributed by atoms with Gasteiger partial charge in [-0.1, -0.05) is 30.3 Å². The Balaban J connectivity index is 2.09. The van der Waals surface area contributed by atoms with Gasteiger partial charge in [0, 0.05) is 0 Å². The third kappa shape index (κ3) is 3.01. The van der Waals surface area contributed by atoms with Crippen molar-refractivity contribution in [1.29, 1.82) is 0 Å². The zero-order valence-electron chi connectivity index (χ0n) is 15.4. The molecular formula is C20H18N6OS. The second kappa shape index (κ2) is 7.05. The lowest BCUT2D eigenvalue weighted by atomic mass is 10.1. The summed E-state index contributed by atoms with van der Waals surface area (Å²) in [5, 5.41) is -0.0901. The molecule has 7 nitrogen and oxygen atoms in total. The van der Waals surface area contributed by atoms with Gasteiger partial charge in [-0.25, -0.2) is 15.0 Å². The van der Waals surface area contributed by atoms with Crippen LogP contribution in [-0.2, 0) is 0 Å². The van der Waals surface area contributed by atoms with Crippen LogP contribution in [0.5, 0.6) is 0 Å². The maximum Gasteiger partial charge on any atom is 0.266 e. The first-order chi connectivity index (χ1) is 13.5. The van der Waals surface area contributed by atoms with Crippen LogP contribution in [0.15, 0.2) is 53.6 Å². The fourth-order valence-corrected chi connectivity index (χ4v) is 3.51. The van der Waals surface area contributed by atoms with E-state index in [1.165, 1.54) is 6.33 Å². The van der Waals surface area contributed by atoms with Crippen LogP contribution in [0.2, 0.25) is 0 Å². The molecule has 0 bridgehead atoms. The predicted octanol–water partition coefficient (Wildman–Crippen LogP) is 2.79. The maximum absolute atomic E-state index is 13.5. The van der Waals surface area contributed by atoms with E-state index in [2.05, 4.69) is 27.6 Å². The van der Waals surface area contributed by atoms with Crippen LogP contribution in [0.1, 0.15) is 28.0 Å². The first-order valence-corrected chi connectivity index (χ1v) is 9.19. The van der Waals surface area contributed by atoms with Gasteiger partial charge in [-0.2, -0.15) is 17.6 Å². The molecule has 0 aliphatic carbocycles. The molecule has 1 atom stereocenters. The van der Waals surface area contributed by atoms with Gasteiger partial charge in [-0.3, -0.25) is 9.36 Å². The van der Waals surface area contributed by atoms with E-state index in [4.69, 9.17) is 10.7 Å². The van der Waals surface area contributed by atoms with Gasteiger partial charge in [-0.05, 0) is 37.1 Å². The van der Waals surface area contributed by atoms with E-state index >= 15 is 0 Å². The number of nitrogen functional groups attached to an aromatic ring is 1. The van der Waals surface area contributed by atoms with E-state index in [9.17, 15) is 4.79 Å². The summed E-state index contributed by atoms with van der Waals surface area (Å²) in [5.74, 6) is 0.842. The topological polar surface area (TPSA) is 99.6 Å². The number of para-hydroxylation sites is 1. The minimum Gasteiger partial charge on any atom is -0.368 e. The molecule has 0 aliphatic heterocycles. The lowest BCUT2D eigenvalue weighted by molar-refractivity contribution is 0.796. The summed E-state index contributed by atoms with van der Waals surface area (Å²) in [6, 6.07) is 13.2. The Bertz CT molecular complexity index is 1250. The van der Waals surface area contributed by atoms with Crippen LogP contribution in [0.25, 0.3) is 16.6 Å². The average molecular weight is 390 g/mol. The zero-order valence-corrected chi connectivity index (χ0v) is 16.3. The van der Waals surface area contributed by atoms with Crippen LogP contribution < -0.4 is 11.3 Å². The number of nitrogens with zero attached hydrogens (tertiary/aromatic N) is 5. The third-order valence-electron chi connectivity index (χ3n) is 4.59. The molecule has 8 heteroatoms. The Kier molecular flexibility index (Phi) is 4.56. The lowest BCUT2D eigenvalue weighted by Gasteiger charge is -2.19. The minimum atomic E-state index is -0.664. The molecule has 2 heterocycles. The highest BCUT2D eigenvalue weighted by molar-refractivity contribution is 7.80. The fourth-order valence-electron chi connectivity index (χ4n) is 3.21. The number of aryl methyl sites for hydroxylation is 2. The fraction of sp³-hybridized carbons (Fsp3) is 0.150. The van der Waals surface area contributed by atoms with Gasteiger partial charge in [0.25, 0.3) is 5.56 Å². The van der Waals surface area contributed by atoms with Crippen molar-refractivity contribution in [2.75, 3.05) is 5.73 Å². The molecule has 0 saturated carbocycles. The Morgan fingerprint density at radius 3 is 2.50 bits per heavy atom. The SMILES string of the molecule is Cc1ccccc1-n1c(C(S)c2ncnc(N)n2)nc2cccc(C)c2c1=O. The molecule has 0 spiro atoms. The van der Waals surface area contributed by atoms with Gasteiger partial charge >= 0.3 is 0 Å². The van der Waals surface area contributed by atoms with Crippen molar-refractivity contribution in [2.45, 2.75) is 19.1 Å². The average Bonchev–Trinajstić information content (AvgIpc) is 2.68. The smallest absolute Gasteiger partial charge is 0.266 e. The van der Waals surface area contributed by atoms with Gasteiger partial charge in [0.05, 0.1) is 16.6 Å². The predicted molar refractivity (Wildman–Crippen MR) is 112 cm³/mol. The Morgan fingerprint density at radius 2 is 1.75 bits per heavy atom. The second-order valence-electron chi connectivity index (χ2n) is 6.47. The van der Waals surface area contributed by atoms with Gasteiger partial charge in [-0.15, -0.1) is 0 Å². The van der Waals surface area contributed by atoms with Gasteiger partial charge in [0.1, 0.15) is 17.4 Å². The Labute approximate surface area is 166 Å². The lowest BCUT2D eigenvalue weighted by Crippen LogP contribution is -2.26. The molecule has 0 amide bonds. The second-order valence-corrected chi connectivity index (χ2v) is 6.99. The number of anilines is 1. The summed E-state index contributed by atoms with van der Waals surface area (Å²) in [6.07, 6.45) is 1.32. The number of nitrogens with two attached hydrogens (primary N) is 1. The summed E-state index contributed by atoms with van der Waals surface area (Å²) in [4.78, 5) is 30.4. The number of rotatable bonds is 3. The van der Waals surface area contributed by atoms with Gasteiger partial charge in [0.2, 0.25) is 5.95 Å². The number of hydrogen-bond donors (Lipinski definition) is 2. The van der Waals surface area contributed by atoms with Crippen LogP contribution in [0, 0.1) is 13.8 Å². The number of aromatic nitrogens is 5. The standard InChI is InChI=1S/C20H18N6OS/c1-11-6-3-4-9-14(11)26-18(16(28)17-22-10-23-20(21)25-17)24-13-8-5-7-12(2)15(13)19(26)27/h3-10,16,28H,1-2H3,(H2,21,22,23,25). The van der Waals surface area contributed by atoms with E-state index in [0.29, 0.717) is 22.6 Å². The highest BCUT2D eigenvalue weighted by Gasteiger charge is 2.23. The van der Waals surface area contributed by atoms with Crippen molar-refractivity contribution in [1.82, 2.24) is 24.5 Å². The molecule has 28 heavy (non-hydrogen) atoms. The number of thiol groups is 1. The summed E-state index contributed by atoms with van der Waals surface area (Å²) < 4.78 is 1.59. The van der Waals surface area contributed by atoms with E-state index in [0.717, 1.165) is 16.8 Å². The quantitative estimate of drug-likeness (QED) is 0.522. The number of hydrogen-bond acceptors (Lipinski definition) is 7. The van der Waals surface area contributed by atoms with Crippen molar-refractivity contribution in [2.24, 2.45) is 0 Å². The highest BCUT2D eigenvalue weighted by Crippen LogP contribution is 2.28. The van der Waals surface area contributed by atoms with Crippen LogP contribution in [0.4, 0.5) is 5.95 Å². The van der Waals surface area contributed by atoms with Crippen molar-refractivity contribution in [3.05, 3.63) is 81.9 Å². The molecule has 2 N–H and O–H groups in total. The van der Waals surface area contributed by atoms with Crippen molar-refractivity contribution in [3.8, 4) is 5.69 Å². The summed E-state index contributed by atoms with van der Waals surface area (Å²) in [7, 11) is 0. The molecule has 0 radical (unpaired) electrons. The zero-order chi connectivity index (χ0) is 19.8. The summed E-state index contributed by atoms with van der Waals surface area (Å²) in [5.41, 5.74) is 8.69. The summed E-state index contributed by atoms with van der Waals surface area (Å²) in [6.45, 7) is 3.85. The largest absolute Gasteiger partial charge is 0.368 e. The van der Waals surface area contributed by atoms with E-state index in [1.807, 2.05) is 56.3 Å². The summed E-state index contributed by atoms with van der Waals surface area (Å²) >= 11 is 4.68. The normalized spacial score (nSPS) is 12.2. The van der Waals surface area contributed by atoms with E-state index in [1.54, 1.807) is 4.57 Å². The first-order valence-electron chi connectivity index (χ1n) is 8.68. The van der Waals surface area contributed by atoms with E-state index in [-0.39, 0.29) is 11.5 Å². The third-order valence-corrected chi connectivity index (χ3v) is 5.05. The van der Waals surface area contributed by atoms with Gasteiger partial charge < -0.3 is 5.73 Å². The molecule has 1 unspecified atom stereocenters. The Hall–Kier alpha value is -3.26. The molecule has 4 rings (SSSR count). The Morgan fingerprint density at radius 1 is 1.00 bits per heavy atom. The molecule has 0 fully saturated rings. The van der Waals surface area contributed by atoms with Crippen molar-refractivity contribution < 1.29 is 0 Å². The molecule has 140 valence electrons. The molecule has 2 aromatic carbocycles. The molecule has 4 aromatic rings. The monoisotopic (exact) mass is 390 g/mol. The highest BCUT2D eigenvalue weighted by atomic mass is 32.1. The number of fused-ring (bicyclic) bond motifs is 1. The maximum atomic E-state index is 13.5. The minimum absolute atomic E-state index is 0.0884. The molecule has 0 saturated heterocycles. The van der Waals surface area contributed by atoms with Crippen LogP contribution >= 0.6 is 12.6 Å². The number of benzene rings is 2. The molecule has 2 aromatic heterocycles. The van der Waals surface area contributed by atoms with Crippen molar-refractivity contribution >= 4 is 29.5 Å². The van der Waals surface area contributed by atoms with Gasteiger partial charge in [0.15, 0.2) is 5.82 Å². The van der Waals surface area contributed by atoms with Crippen LogP contribution in [-0.4, -0.2) is 24.5 Å². The van der Waals surface area contributed by atoms with E-state index < -0.39 is 5.25 Å². The van der Waals surface area contributed by atoms with Crippen LogP contribution in [0.3, 0.4) is 0 Å². The first kappa shape index (κ1) is 18.1. The molecule has 0 aliphatic rings. The van der Waals surface area contributed by atoms with Crippen molar-refractivity contribution in [3.63, 3.8) is 0 Å². The molecular weight excluding hydrogens is 372 g/mol.